The lowest BCUT2D eigenvalue weighted by Gasteiger charge is -2.31. The van der Waals surface area contributed by atoms with Gasteiger partial charge in [0.15, 0.2) is 12.1 Å². The molecule has 0 saturated carbocycles. The molecule has 1 N–H and O–H groups in total. The molecule has 0 aliphatic carbocycles. The number of carboxylic acids is 1. The molecule has 0 saturated heterocycles. The van der Waals surface area contributed by atoms with Crippen molar-refractivity contribution in [3.8, 4) is 0 Å². The summed E-state index contributed by atoms with van der Waals surface area (Å²) in [5, 5.41) is 9.56. The average Bonchev–Trinajstić information content (AvgIpc) is 3.03. The van der Waals surface area contributed by atoms with E-state index in [1.54, 1.807) is 0 Å². The highest BCUT2D eigenvalue weighted by Gasteiger charge is 2.31. The number of likely N-dealkylation sites (N-methyl/N-ethyl adjacent to an activating group) is 1. The van der Waals surface area contributed by atoms with E-state index in [0.29, 0.717) is 19.3 Å². The van der Waals surface area contributed by atoms with Crippen LogP contribution in [0, 0.1) is 0 Å². The highest BCUT2D eigenvalue weighted by Crippen LogP contribution is 2.10. The van der Waals surface area contributed by atoms with Crippen molar-refractivity contribution >= 4 is 17.9 Å². The van der Waals surface area contributed by atoms with Gasteiger partial charge in [0.1, 0.15) is 6.61 Å². The van der Waals surface area contributed by atoms with Gasteiger partial charge < -0.3 is 23.8 Å². The summed E-state index contributed by atoms with van der Waals surface area (Å²) in [6.45, 7) is 4.32. The van der Waals surface area contributed by atoms with E-state index in [2.05, 4.69) is 62.5 Å². The van der Waals surface area contributed by atoms with Gasteiger partial charge in [-0.15, -0.1) is 0 Å². The zero-order valence-corrected chi connectivity index (χ0v) is 30.4. The zero-order valence-electron chi connectivity index (χ0n) is 30.4. The third kappa shape index (κ3) is 28.7. The first-order valence-corrected chi connectivity index (χ1v) is 17.7. The van der Waals surface area contributed by atoms with Gasteiger partial charge in [0, 0.05) is 19.3 Å². The van der Waals surface area contributed by atoms with Crippen LogP contribution < -0.4 is 0 Å². The summed E-state index contributed by atoms with van der Waals surface area (Å²) >= 11 is 0. The minimum Gasteiger partial charge on any atom is -0.477 e. The van der Waals surface area contributed by atoms with Gasteiger partial charge in [0.05, 0.1) is 34.4 Å². The Bertz CT molecular complexity index is 1060. The lowest BCUT2D eigenvalue weighted by Crippen LogP contribution is -2.50. The lowest BCUT2D eigenvalue weighted by molar-refractivity contribution is -0.887. The molecule has 0 rings (SSSR count). The summed E-state index contributed by atoms with van der Waals surface area (Å²) in [7, 11) is 5.47. The Morgan fingerprint density at radius 1 is 0.646 bits per heavy atom. The predicted molar refractivity (Wildman–Crippen MR) is 196 cm³/mol. The molecule has 8 heteroatoms. The fraction of sp³-hybridized carbons (Fsp3) is 0.575. The van der Waals surface area contributed by atoms with Crippen molar-refractivity contribution in [1.82, 2.24) is 0 Å². The summed E-state index contributed by atoms with van der Waals surface area (Å²) < 4.78 is 17.0. The molecular weight excluding hydrogens is 606 g/mol. The van der Waals surface area contributed by atoms with E-state index in [9.17, 15) is 19.5 Å². The Morgan fingerprint density at radius 3 is 1.88 bits per heavy atom. The van der Waals surface area contributed by atoms with E-state index in [4.69, 9.17) is 14.2 Å². The maximum absolute atomic E-state index is 12.6. The normalized spacial score (nSPS) is 14.1. The van der Waals surface area contributed by atoms with Crippen molar-refractivity contribution in [2.75, 3.05) is 41.0 Å². The molecule has 0 aromatic carbocycles. The number of carboxylic acid groups (broad SMARTS) is 1. The first-order chi connectivity index (χ1) is 23.1. The molecule has 0 aromatic rings. The van der Waals surface area contributed by atoms with Crippen molar-refractivity contribution in [2.24, 2.45) is 0 Å². The van der Waals surface area contributed by atoms with Gasteiger partial charge in [-0.25, -0.2) is 4.79 Å². The monoisotopic (exact) mass is 670 g/mol. The van der Waals surface area contributed by atoms with Crippen LogP contribution >= 0.6 is 0 Å². The Labute approximate surface area is 291 Å². The van der Waals surface area contributed by atoms with E-state index in [0.717, 1.165) is 57.8 Å². The molecule has 0 amide bonds. The van der Waals surface area contributed by atoms with E-state index < -0.39 is 18.1 Å². The standard InChI is InChI=1S/C40H63NO7/c1-6-8-10-12-14-16-18-19-21-22-24-26-28-30-38(42)47-35-36(34-46-33-32-37(40(44)45)41(3,4)5)48-39(43)31-29-27-25-23-20-17-15-13-11-9-7-2/h8-12,14-19,21,23,25,36-37H,6-7,13,20,22,24,26-35H2,1-5H3/p+1/b10-8+,11-9+,14-12+,17-15+,18-16+,21-19+,25-23+. The minimum atomic E-state index is -0.895. The van der Waals surface area contributed by atoms with Crippen molar-refractivity contribution in [3.63, 3.8) is 0 Å². The third-order valence-corrected chi connectivity index (χ3v) is 7.13. The quantitative estimate of drug-likeness (QED) is 0.0280. The number of nitrogens with zero attached hydrogens (tertiary/aromatic N) is 1. The summed E-state index contributed by atoms with van der Waals surface area (Å²) in [5.74, 6) is -1.61. The minimum absolute atomic E-state index is 0.0220. The second-order valence-corrected chi connectivity index (χ2v) is 12.4. The molecule has 0 spiro atoms. The van der Waals surface area contributed by atoms with Gasteiger partial charge in [-0.3, -0.25) is 9.59 Å². The Kier molecular flexibility index (Phi) is 28.6. The van der Waals surface area contributed by atoms with Gasteiger partial charge in [0.2, 0.25) is 0 Å². The molecule has 270 valence electrons. The SMILES string of the molecule is CC/C=C/C=C/C=C/C=C/CCCCCC(=O)OCC(COCCC(C(=O)O)[N+](C)(C)C)OC(=O)CCC/C=C/C/C=C/C/C=C/CC. The van der Waals surface area contributed by atoms with Crippen molar-refractivity contribution in [2.45, 2.75) is 109 Å². The molecular formula is C40H64NO7+. The number of esters is 2. The van der Waals surface area contributed by atoms with Gasteiger partial charge >= 0.3 is 17.9 Å². The average molecular weight is 671 g/mol. The Morgan fingerprint density at radius 2 is 1.23 bits per heavy atom. The molecule has 0 heterocycles. The van der Waals surface area contributed by atoms with Crippen molar-refractivity contribution in [1.29, 1.82) is 0 Å². The highest BCUT2D eigenvalue weighted by atomic mass is 16.6. The van der Waals surface area contributed by atoms with E-state index in [-0.39, 0.29) is 42.7 Å². The molecule has 2 atom stereocenters. The number of rotatable bonds is 29. The molecule has 2 unspecified atom stereocenters. The van der Waals surface area contributed by atoms with Crippen LogP contribution in [0.3, 0.4) is 0 Å². The van der Waals surface area contributed by atoms with Crippen LogP contribution in [0.25, 0.3) is 0 Å². The second-order valence-electron chi connectivity index (χ2n) is 12.4. The van der Waals surface area contributed by atoms with Gasteiger partial charge in [0.25, 0.3) is 0 Å². The third-order valence-electron chi connectivity index (χ3n) is 7.13. The predicted octanol–water partition coefficient (Wildman–Crippen LogP) is 8.62. The molecule has 0 radical (unpaired) electrons. The summed E-state index contributed by atoms with van der Waals surface area (Å²) in [5.41, 5.74) is 0. The number of ether oxygens (including phenoxy) is 3. The number of aliphatic carboxylic acids is 1. The van der Waals surface area contributed by atoms with Crippen LogP contribution in [0.1, 0.15) is 97.3 Å². The van der Waals surface area contributed by atoms with Crippen LogP contribution in [-0.4, -0.2) is 80.6 Å². The number of allylic oxidation sites excluding steroid dienone is 14. The number of hydrogen-bond donors (Lipinski definition) is 1. The zero-order chi connectivity index (χ0) is 35.7. The smallest absolute Gasteiger partial charge is 0.362 e. The van der Waals surface area contributed by atoms with Gasteiger partial charge in [-0.2, -0.15) is 0 Å². The van der Waals surface area contributed by atoms with E-state index in [1.165, 1.54) is 0 Å². The first kappa shape index (κ1) is 44.5. The number of hydrogen-bond acceptors (Lipinski definition) is 6. The van der Waals surface area contributed by atoms with Crippen LogP contribution in [0.2, 0.25) is 0 Å². The fourth-order valence-electron chi connectivity index (χ4n) is 4.42. The molecule has 0 aliphatic rings. The van der Waals surface area contributed by atoms with E-state index >= 15 is 0 Å². The molecule has 8 nitrogen and oxygen atoms in total. The van der Waals surface area contributed by atoms with Gasteiger partial charge in [-0.05, 0) is 57.8 Å². The van der Waals surface area contributed by atoms with Crippen molar-refractivity contribution < 1.29 is 38.2 Å². The van der Waals surface area contributed by atoms with Crippen molar-refractivity contribution in [3.05, 3.63) is 85.1 Å². The summed E-state index contributed by atoms with van der Waals surface area (Å²) in [6, 6.07) is -0.632. The molecule has 48 heavy (non-hydrogen) atoms. The van der Waals surface area contributed by atoms with Crippen LogP contribution in [-0.2, 0) is 28.6 Å². The summed E-state index contributed by atoms with van der Waals surface area (Å²) in [6.07, 6.45) is 37.9. The number of unbranched alkanes of at least 4 members (excludes halogenated alkanes) is 4. The van der Waals surface area contributed by atoms with Crippen LogP contribution in [0.15, 0.2) is 85.1 Å². The van der Waals surface area contributed by atoms with Crippen LogP contribution in [0.5, 0.6) is 0 Å². The first-order valence-electron chi connectivity index (χ1n) is 17.7. The molecule has 0 aliphatic heterocycles. The highest BCUT2D eigenvalue weighted by molar-refractivity contribution is 5.72. The Hall–Kier alpha value is -3.49. The molecule has 0 fully saturated rings. The fourth-order valence-corrected chi connectivity index (χ4v) is 4.42. The van der Waals surface area contributed by atoms with E-state index in [1.807, 2.05) is 57.6 Å². The number of carbonyl (C=O) groups is 3. The Balaban J connectivity index is 4.63. The maximum atomic E-state index is 12.6. The largest absolute Gasteiger partial charge is 0.477 e. The lowest BCUT2D eigenvalue weighted by atomic mass is 10.1. The molecule has 0 bridgehead atoms. The second kappa shape index (κ2) is 30.8. The molecule has 0 aromatic heterocycles. The topological polar surface area (TPSA) is 99.1 Å². The number of carbonyl (C=O) groups excluding carboxylic acids is 2. The van der Waals surface area contributed by atoms with Crippen LogP contribution in [0.4, 0.5) is 0 Å². The summed E-state index contributed by atoms with van der Waals surface area (Å²) in [4.78, 5) is 36.6. The number of quaternary nitrogens is 1. The van der Waals surface area contributed by atoms with Gasteiger partial charge in [-0.1, -0.05) is 105 Å². The maximum Gasteiger partial charge on any atom is 0.362 e.